The van der Waals surface area contributed by atoms with Crippen molar-refractivity contribution in [3.63, 3.8) is 0 Å². The fourth-order valence-corrected chi connectivity index (χ4v) is 4.56. The van der Waals surface area contributed by atoms with E-state index in [4.69, 9.17) is 5.11 Å². The molecule has 1 fully saturated rings. The van der Waals surface area contributed by atoms with Crippen LogP contribution in [0.4, 0.5) is 0 Å². The van der Waals surface area contributed by atoms with Gasteiger partial charge in [0, 0.05) is 37.3 Å². The van der Waals surface area contributed by atoms with Gasteiger partial charge in [-0.2, -0.15) is 15.4 Å². The molecule has 2 N–H and O–H groups in total. The number of aromatic nitrogens is 4. The molecule has 1 amide bonds. The minimum atomic E-state index is -0.989. The highest BCUT2D eigenvalue weighted by molar-refractivity contribution is 5.92. The van der Waals surface area contributed by atoms with Crippen molar-refractivity contribution >= 4 is 11.9 Å². The first-order valence-corrected chi connectivity index (χ1v) is 9.73. The van der Waals surface area contributed by atoms with Gasteiger partial charge >= 0.3 is 5.97 Å². The van der Waals surface area contributed by atoms with Crippen molar-refractivity contribution in [3.05, 3.63) is 69.9 Å². The normalized spacial score (nSPS) is 19.9. The Morgan fingerprint density at radius 1 is 1.07 bits per heavy atom. The molecule has 1 saturated heterocycles. The lowest BCUT2D eigenvalue weighted by molar-refractivity contribution is 0.0588. The summed E-state index contributed by atoms with van der Waals surface area (Å²) < 4.78 is 1.81. The third-order valence-electron chi connectivity index (χ3n) is 5.94. The Morgan fingerprint density at radius 2 is 1.87 bits per heavy atom. The van der Waals surface area contributed by atoms with E-state index >= 15 is 0 Å². The van der Waals surface area contributed by atoms with Crippen LogP contribution in [0, 0.1) is 5.92 Å². The zero-order chi connectivity index (χ0) is 20.8. The van der Waals surface area contributed by atoms with E-state index in [1.807, 2.05) is 10.6 Å². The molecule has 2 aliphatic heterocycles. The molecule has 0 spiro atoms. The van der Waals surface area contributed by atoms with Crippen LogP contribution in [-0.2, 0) is 6.54 Å². The summed E-state index contributed by atoms with van der Waals surface area (Å²) in [5.41, 5.74) is 2.87. The summed E-state index contributed by atoms with van der Waals surface area (Å²) in [4.78, 5) is 38.4. The van der Waals surface area contributed by atoms with E-state index in [1.54, 1.807) is 23.1 Å². The number of hydrogen-bond donors (Lipinski definition) is 2. The highest BCUT2D eigenvalue weighted by atomic mass is 16.4. The third kappa shape index (κ3) is 3.08. The van der Waals surface area contributed by atoms with Crippen LogP contribution in [0.1, 0.15) is 38.9 Å². The fourth-order valence-electron chi connectivity index (χ4n) is 4.56. The number of piperidine rings is 1. The zero-order valence-electron chi connectivity index (χ0n) is 16.0. The molecule has 0 unspecified atom stereocenters. The lowest BCUT2D eigenvalue weighted by atomic mass is 9.82. The molecular formula is C21H19N5O4. The number of carboxylic acid groups (broad SMARTS) is 1. The smallest absolute Gasteiger partial charge is 0.335 e. The molecule has 4 heterocycles. The van der Waals surface area contributed by atoms with Gasteiger partial charge in [0.25, 0.3) is 11.5 Å². The fraction of sp³-hybridized carbons (Fsp3) is 0.286. The first-order chi connectivity index (χ1) is 14.5. The molecule has 30 heavy (non-hydrogen) atoms. The second-order valence-electron chi connectivity index (χ2n) is 7.86. The number of pyridine rings is 1. The Balaban J connectivity index is 1.48. The molecule has 2 atom stereocenters. The molecule has 3 aromatic rings. The van der Waals surface area contributed by atoms with E-state index in [0.29, 0.717) is 25.3 Å². The van der Waals surface area contributed by atoms with Crippen molar-refractivity contribution in [2.24, 2.45) is 5.92 Å². The van der Waals surface area contributed by atoms with E-state index in [1.165, 1.54) is 18.3 Å². The number of likely N-dealkylation sites (tertiary alicyclic amines) is 1. The minimum absolute atomic E-state index is 0.0549. The number of nitrogens with one attached hydrogen (secondary N) is 1. The van der Waals surface area contributed by atoms with E-state index < -0.39 is 5.97 Å². The van der Waals surface area contributed by atoms with Gasteiger partial charge in [0.1, 0.15) is 0 Å². The third-order valence-corrected chi connectivity index (χ3v) is 5.94. The van der Waals surface area contributed by atoms with E-state index in [-0.39, 0.29) is 28.9 Å². The summed E-state index contributed by atoms with van der Waals surface area (Å²) in [7, 11) is 0. The lowest BCUT2D eigenvalue weighted by Gasteiger charge is -2.42. The number of fused-ring (bicyclic) bond motifs is 4. The number of H-pyrrole nitrogens is 1. The molecule has 2 aromatic heterocycles. The maximum absolute atomic E-state index is 12.8. The summed E-state index contributed by atoms with van der Waals surface area (Å²) in [6.45, 7) is 1.68. The van der Waals surface area contributed by atoms with Gasteiger partial charge in [0.2, 0.25) is 0 Å². The number of nitrogens with zero attached hydrogens (tertiary/aromatic N) is 4. The van der Waals surface area contributed by atoms with Crippen molar-refractivity contribution < 1.29 is 14.7 Å². The number of aromatic amines is 1. The number of aromatic carboxylic acids is 1. The van der Waals surface area contributed by atoms with Crippen LogP contribution < -0.4 is 5.56 Å². The zero-order valence-corrected chi connectivity index (χ0v) is 16.0. The predicted octanol–water partition coefficient (Wildman–Crippen LogP) is 1.59. The Labute approximate surface area is 171 Å². The number of carbonyl (C=O) groups is 2. The van der Waals surface area contributed by atoms with Crippen LogP contribution in [0.5, 0.6) is 0 Å². The molecule has 1 aromatic carbocycles. The van der Waals surface area contributed by atoms with Crippen LogP contribution in [0.3, 0.4) is 0 Å². The maximum atomic E-state index is 12.8. The average Bonchev–Trinajstić information content (AvgIpc) is 3.28. The predicted molar refractivity (Wildman–Crippen MR) is 106 cm³/mol. The lowest BCUT2D eigenvalue weighted by Crippen LogP contribution is -2.49. The topological polar surface area (TPSA) is 121 Å². The average molecular weight is 405 g/mol. The summed E-state index contributed by atoms with van der Waals surface area (Å²) in [5, 5.41) is 19.2. The van der Waals surface area contributed by atoms with Crippen LogP contribution in [0.25, 0.3) is 11.1 Å². The number of carboxylic acids is 1. The van der Waals surface area contributed by atoms with Crippen LogP contribution in [0.2, 0.25) is 0 Å². The molecule has 2 aliphatic rings. The van der Waals surface area contributed by atoms with Crippen LogP contribution in [0.15, 0.2) is 47.4 Å². The van der Waals surface area contributed by atoms with Gasteiger partial charge in [-0.3, -0.25) is 9.59 Å². The molecule has 0 saturated carbocycles. The van der Waals surface area contributed by atoms with Crippen molar-refractivity contribution in [2.75, 3.05) is 13.1 Å². The van der Waals surface area contributed by atoms with E-state index in [0.717, 1.165) is 23.2 Å². The van der Waals surface area contributed by atoms with Crippen LogP contribution >= 0.6 is 0 Å². The number of hydrogen-bond acceptors (Lipinski definition) is 5. The highest BCUT2D eigenvalue weighted by Gasteiger charge is 2.37. The van der Waals surface area contributed by atoms with Gasteiger partial charge in [0.15, 0.2) is 5.69 Å². The Morgan fingerprint density at radius 3 is 2.57 bits per heavy atom. The van der Waals surface area contributed by atoms with Gasteiger partial charge in [-0.15, -0.1) is 0 Å². The summed E-state index contributed by atoms with van der Waals surface area (Å²) in [6.07, 6.45) is 2.34. The molecule has 2 bridgehead atoms. The Bertz CT molecular complexity index is 1180. The molecule has 0 aliphatic carbocycles. The molecule has 9 heteroatoms. The largest absolute Gasteiger partial charge is 0.478 e. The van der Waals surface area contributed by atoms with E-state index in [9.17, 15) is 14.4 Å². The van der Waals surface area contributed by atoms with Gasteiger partial charge in [-0.25, -0.2) is 4.79 Å². The number of carbonyl (C=O) groups excluding carboxylic acids is 1. The summed E-state index contributed by atoms with van der Waals surface area (Å²) >= 11 is 0. The first kappa shape index (κ1) is 18.3. The molecule has 9 nitrogen and oxygen atoms in total. The van der Waals surface area contributed by atoms with Crippen molar-refractivity contribution in [2.45, 2.75) is 18.9 Å². The maximum Gasteiger partial charge on any atom is 0.335 e. The summed E-state index contributed by atoms with van der Waals surface area (Å²) in [6, 6.07) is 10.1. The number of rotatable bonds is 3. The Kier molecular flexibility index (Phi) is 4.23. The second-order valence-corrected chi connectivity index (χ2v) is 7.86. The van der Waals surface area contributed by atoms with Crippen molar-refractivity contribution in [1.82, 2.24) is 24.9 Å². The summed E-state index contributed by atoms with van der Waals surface area (Å²) in [5.74, 6) is -0.878. The Hall–Kier alpha value is -3.75. The number of amides is 1. The standard InChI is InChI=1S/C21H19N5O4/c27-19-7-15(13-1-3-14(4-2-13)21(29)30)6-18-16-5-12(10-26(18)19)9-25(11-16)20(28)17-8-22-24-23-17/h1-4,6-8,12,16H,5,9-11H2,(H,29,30)(H,22,23,24)/t12-,16+/m0/s1. The van der Waals surface area contributed by atoms with Gasteiger partial charge in [-0.05, 0) is 41.7 Å². The minimum Gasteiger partial charge on any atom is -0.478 e. The van der Waals surface area contributed by atoms with E-state index in [2.05, 4.69) is 15.4 Å². The molecular weight excluding hydrogens is 386 g/mol. The SMILES string of the molecule is O=C(O)c1ccc(-c2cc3n(c(=O)c2)C[C@H]2C[C@@H]3CN(C(=O)c3cn[nH]n3)C2)cc1. The van der Waals surface area contributed by atoms with Crippen molar-refractivity contribution in [3.8, 4) is 11.1 Å². The second kappa shape index (κ2) is 6.94. The quantitative estimate of drug-likeness (QED) is 0.683. The highest BCUT2D eigenvalue weighted by Crippen LogP contribution is 2.37. The molecule has 152 valence electrons. The molecule has 5 rings (SSSR count). The first-order valence-electron chi connectivity index (χ1n) is 9.73. The monoisotopic (exact) mass is 405 g/mol. The number of benzene rings is 1. The molecule has 0 radical (unpaired) electrons. The van der Waals surface area contributed by atoms with Gasteiger partial charge in [0.05, 0.1) is 11.8 Å². The van der Waals surface area contributed by atoms with Gasteiger partial charge < -0.3 is 14.6 Å². The van der Waals surface area contributed by atoms with Crippen LogP contribution in [-0.4, -0.2) is 55.0 Å². The van der Waals surface area contributed by atoms with Gasteiger partial charge in [-0.1, -0.05) is 12.1 Å². The van der Waals surface area contributed by atoms with Crippen molar-refractivity contribution in [1.29, 1.82) is 0 Å².